The Hall–Kier alpha value is -1.57. The van der Waals surface area contributed by atoms with Crippen LogP contribution in [-0.4, -0.2) is 26.4 Å². The number of hydrogen-bond acceptors (Lipinski definition) is 4. The summed E-state index contributed by atoms with van der Waals surface area (Å²) in [5, 5.41) is 9.85. The van der Waals surface area contributed by atoms with Crippen molar-refractivity contribution < 1.29 is 19.3 Å². The normalized spacial score (nSPS) is 11.5. The molecule has 1 N–H and O–H groups in total. The summed E-state index contributed by atoms with van der Waals surface area (Å²) >= 11 is 6.08. The topological polar surface area (TPSA) is 47.9 Å². The Kier molecular flexibility index (Phi) is 4.50. The lowest BCUT2D eigenvalue weighted by molar-refractivity contribution is 0.236. The maximum absolute atomic E-state index is 9.64. The Morgan fingerprint density at radius 2 is 1.82 bits per heavy atom. The second-order valence-corrected chi connectivity index (χ2v) is 3.50. The Morgan fingerprint density at radius 1 is 1.24 bits per heavy atom. The molecule has 17 heavy (non-hydrogen) atoms. The Morgan fingerprint density at radius 3 is 2.24 bits per heavy atom. The summed E-state index contributed by atoms with van der Waals surface area (Å²) in [5.41, 5.74) is 0.337. The van der Waals surface area contributed by atoms with E-state index in [2.05, 4.69) is 5.92 Å². The molecule has 0 saturated heterocycles. The zero-order valence-electron chi connectivity index (χ0n) is 9.78. The van der Waals surface area contributed by atoms with Gasteiger partial charge in [0.2, 0.25) is 5.75 Å². The molecule has 0 amide bonds. The number of methoxy groups -OCH3 is 3. The van der Waals surface area contributed by atoms with Crippen LogP contribution in [0.5, 0.6) is 17.2 Å². The molecule has 1 aromatic rings. The van der Waals surface area contributed by atoms with E-state index in [1.54, 1.807) is 0 Å². The van der Waals surface area contributed by atoms with Crippen molar-refractivity contribution >= 4 is 11.6 Å². The molecule has 0 fully saturated rings. The van der Waals surface area contributed by atoms with Crippen LogP contribution in [0.3, 0.4) is 0 Å². The second-order valence-electron chi connectivity index (χ2n) is 3.12. The van der Waals surface area contributed by atoms with Crippen molar-refractivity contribution in [1.29, 1.82) is 0 Å². The zero-order valence-corrected chi connectivity index (χ0v) is 10.5. The predicted molar refractivity (Wildman–Crippen MR) is 64.9 cm³/mol. The Balaban J connectivity index is 3.52. The summed E-state index contributed by atoms with van der Waals surface area (Å²) in [7, 11) is 4.38. The van der Waals surface area contributed by atoms with Gasteiger partial charge in [0.1, 0.15) is 6.10 Å². The minimum Gasteiger partial charge on any atom is -0.493 e. The Bertz CT molecular complexity index is 451. The van der Waals surface area contributed by atoms with Crippen molar-refractivity contribution in [3.8, 4) is 29.6 Å². The van der Waals surface area contributed by atoms with E-state index in [0.29, 0.717) is 17.1 Å². The number of hydrogen-bond donors (Lipinski definition) is 1. The molecule has 0 aliphatic carbocycles. The highest BCUT2D eigenvalue weighted by Gasteiger charge is 2.22. The number of terminal acetylenes is 1. The SMILES string of the molecule is C#CC(O)c1cc(OC)c(OC)c(OC)c1Cl. The molecule has 0 saturated carbocycles. The minimum atomic E-state index is -1.13. The van der Waals surface area contributed by atoms with Crippen LogP contribution < -0.4 is 14.2 Å². The van der Waals surface area contributed by atoms with Crippen LogP contribution in [0, 0.1) is 12.3 Å². The number of benzene rings is 1. The van der Waals surface area contributed by atoms with Gasteiger partial charge >= 0.3 is 0 Å². The number of aliphatic hydroxyl groups excluding tert-OH is 1. The van der Waals surface area contributed by atoms with E-state index in [0.717, 1.165) is 0 Å². The molecular weight excluding hydrogens is 244 g/mol. The monoisotopic (exact) mass is 256 g/mol. The molecule has 92 valence electrons. The highest BCUT2D eigenvalue weighted by molar-refractivity contribution is 6.33. The van der Waals surface area contributed by atoms with E-state index in [4.69, 9.17) is 32.2 Å². The molecule has 1 rings (SSSR count). The summed E-state index contributed by atoms with van der Waals surface area (Å²) in [6, 6.07) is 1.52. The summed E-state index contributed by atoms with van der Waals surface area (Å²) in [6.07, 6.45) is 4.03. The third-order valence-electron chi connectivity index (χ3n) is 2.25. The molecule has 4 nitrogen and oxygen atoms in total. The van der Waals surface area contributed by atoms with E-state index in [1.807, 2.05) is 0 Å². The fraction of sp³-hybridized carbons (Fsp3) is 0.333. The highest BCUT2D eigenvalue weighted by atomic mass is 35.5. The van der Waals surface area contributed by atoms with Gasteiger partial charge in [-0.1, -0.05) is 17.5 Å². The Labute approximate surface area is 105 Å². The predicted octanol–water partition coefficient (Wildman–Crippen LogP) is 2.03. The van der Waals surface area contributed by atoms with Gasteiger partial charge in [-0.15, -0.1) is 6.42 Å². The lowest BCUT2D eigenvalue weighted by atomic mass is 10.1. The molecular formula is C12H13ClO4. The largest absolute Gasteiger partial charge is 0.493 e. The summed E-state index contributed by atoms with van der Waals surface area (Å²) in [4.78, 5) is 0. The average Bonchev–Trinajstić information content (AvgIpc) is 2.36. The molecule has 0 heterocycles. The van der Waals surface area contributed by atoms with Crippen LogP contribution in [-0.2, 0) is 0 Å². The molecule has 0 aliphatic heterocycles. The maximum Gasteiger partial charge on any atom is 0.204 e. The van der Waals surface area contributed by atoms with Gasteiger partial charge in [0, 0.05) is 5.56 Å². The summed E-state index contributed by atoms with van der Waals surface area (Å²) in [6.45, 7) is 0. The number of aliphatic hydroxyl groups is 1. The van der Waals surface area contributed by atoms with Crippen molar-refractivity contribution in [3.05, 3.63) is 16.7 Å². The van der Waals surface area contributed by atoms with Gasteiger partial charge in [-0.05, 0) is 6.07 Å². The fourth-order valence-corrected chi connectivity index (χ4v) is 1.75. The van der Waals surface area contributed by atoms with E-state index in [9.17, 15) is 5.11 Å². The minimum absolute atomic E-state index is 0.204. The number of ether oxygens (including phenoxy) is 3. The molecule has 5 heteroatoms. The van der Waals surface area contributed by atoms with Crippen molar-refractivity contribution in [2.24, 2.45) is 0 Å². The molecule has 1 aromatic carbocycles. The van der Waals surface area contributed by atoms with Gasteiger partial charge in [-0.2, -0.15) is 0 Å². The van der Waals surface area contributed by atoms with Crippen LogP contribution in [0.4, 0.5) is 0 Å². The fourth-order valence-electron chi connectivity index (χ4n) is 1.43. The smallest absolute Gasteiger partial charge is 0.204 e. The molecule has 0 aromatic heterocycles. The maximum atomic E-state index is 9.64. The van der Waals surface area contributed by atoms with Crippen molar-refractivity contribution in [3.63, 3.8) is 0 Å². The first-order chi connectivity index (χ1) is 8.10. The van der Waals surface area contributed by atoms with Crippen molar-refractivity contribution in [2.45, 2.75) is 6.10 Å². The standard InChI is InChI=1S/C12H13ClO4/c1-5-8(14)7-6-9(15-2)11(16-3)12(17-4)10(7)13/h1,6,8,14H,2-4H3. The first kappa shape index (κ1) is 13.5. The number of halogens is 1. The zero-order chi connectivity index (χ0) is 13.0. The van der Waals surface area contributed by atoms with Gasteiger partial charge in [0.15, 0.2) is 11.5 Å². The summed E-state index contributed by atoms with van der Waals surface area (Å²) in [5.74, 6) is 3.20. The molecule has 0 radical (unpaired) electrons. The highest BCUT2D eigenvalue weighted by Crippen LogP contribution is 2.46. The molecule has 0 aliphatic rings. The van der Waals surface area contributed by atoms with E-state index in [1.165, 1.54) is 27.4 Å². The van der Waals surface area contributed by atoms with Crippen LogP contribution in [0.1, 0.15) is 11.7 Å². The first-order valence-corrected chi connectivity index (χ1v) is 5.11. The lowest BCUT2D eigenvalue weighted by Gasteiger charge is -2.17. The lowest BCUT2D eigenvalue weighted by Crippen LogP contribution is -2.01. The molecule has 0 spiro atoms. The molecule has 0 bridgehead atoms. The first-order valence-electron chi connectivity index (χ1n) is 4.73. The quantitative estimate of drug-likeness (QED) is 0.838. The van der Waals surface area contributed by atoms with E-state index < -0.39 is 6.10 Å². The van der Waals surface area contributed by atoms with Crippen LogP contribution >= 0.6 is 11.6 Å². The van der Waals surface area contributed by atoms with Crippen molar-refractivity contribution in [1.82, 2.24) is 0 Å². The third-order valence-corrected chi connectivity index (χ3v) is 2.64. The van der Waals surface area contributed by atoms with Gasteiger partial charge in [-0.25, -0.2) is 0 Å². The van der Waals surface area contributed by atoms with Gasteiger partial charge in [-0.3, -0.25) is 0 Å². The van der Waals surface area contributed by atoms with Crippen LogP contribution in [0.15, 0.2) is 6.07 Å². The second kappa shape index (κ2) is 5.67. The van der Waals surface area contributed by atoms with E-state index in [-0.39, 0.29) is 10.8 Å². The van der Waals surface area contributed by atoms with Gasteiger partial charge in [0.05, 0.1) is 26.4 Å². The van der Waals surface area contributed by atoms with Crippen molar-refractivity contribution in [2.75, 3.05) is 21.3 Å². The van der Waals surface area contributed by atoms with Crippen LogP contribution in [0.2, 0.25) is 5.02 Å². The third kappa shape index (κ3) is 2.41. The van der Waals surface area contributed by atoms with Gasteiger partial charge in [0.25, 0.3) is 0 Å². The van der Waals surface area contributed by atoms with Gasteiger partial charge < -0.3 is 19.3 Å². The molecule has 1 atom stereocenters. The number of rotatable bonds is 4. The molecule has 1 unspecified atom stereocenters. The summed E-state index contributed by atoms with van der Waals surface area (Å²) < 4.78 is 15.4. The van der Waals surface area contributed by atoms with E-state index >= 15 is 0 Å². The average molecular weight is 257 g/mol. The van der Waals surface area contributed by atoms with Crippen LogP contribution in [0.25, 0.3) is 0 Å².